The molecule has 2 amide bonds. The van der Waals surface area contributed by atoms with Gasteiger partial charge in [0.15, 0.2) is 6.61 Å². The lowest BCUT2D eigenvalue weighted by Crippen LogP contribution is -2.70. The van der Waals surface area contributed by atoms with E-state index in [2.05, 4.69) is 0 Å². The van der Waals surface area contributed by atoms with Crippen LogP contribution in [0.3, 0.4) is 0 Å². The van der Waals surface area contributed by atoms with E-state index in [1.54, 1.807) is 44.2 Å². The monoisotopic (exact) mass is 426 g/mol. The van der Waals surface area contributed by atoms with Gasteiger partial charge in [0.05, 0.1) is 16.1 Å². The second kappa shape index (κ2) is 7.36. The number of carbonyl (C=O) groups excluding carboxylic acids is 4. The van der Waals surface area contributed by atoms with Crippen molar-refractivity contribution in [3.05, 3.63) is 51.7 Å². The Morgan fingerprint density at radius 1 is 1.17 bits per heavy atom. The number of esters is 1. The number of amides is 2. The number of ether oxygens (including phenoxy) is 1. The third-order valence-corrected chi connectivity index (χ3v) is 6.53. The number of para-hydroxylation sites is 1. The minimum absolute atomic E-state index is 0.109. The van der Waals surface area contributed by atoms with E-state index in [1.807, 2.05) is 13.0 Å². The normalized spacial score (nSPS) is 20.4. The molecule has 0 N–H and O–H groups in total. The number of hydrogen-bond acceptors (Lipinski definition) is 6. The largest absolute Gasteiger partial charge is 0.454 e. The summed E-state index contributed by atoms with van der Waals surface area (Å²) in [5, 5.41) is 0. The second-order valence-electron chi connectivity index (χ2n) is 7.74. The van der Waals surface area contributed by atoms with Gasteiger partial charge in [-0.15, -0.1) is 11.3 Å². The number of anilines is 1. The average Bonchev–Trinajstić information content (AvgIpc) is 3.30. The van der Waals surface area contributed by atoms with Gasteiger partial charge < -0.3 is 9.64 Å². The van der Waals surface area contributed by atoms with Crippen molar-refractivity contribution in [3.63, 3.8) is 0 Å². The second-order valence-corrected chi connectivity index (χ2v) is 9.03. The van der Waals surface area contributed by atoms with Crippen LogP contribution >= 0.6 is 11.3 Å². The molecule has 0 bridgehead atoms. The first kappa shape index (κ1) is 20.3. The lowest BCUT2D eigenvalue weighted by atomic mass is 9.95. The van der Waals surface area contributed by atoms with Gasteiger partial charge in [0.1, 0.15) is 0 Å². The van der Waals surface area contributed by atoms with Crippen molar-refractivity contribution in [1.82, 2.24) is 4.90 Å². The van der Waals surface area contributed by atoms with Gasteiger partial charge in [-0.25, -0.2) is 4.79 Å². The molecule has 2 aliphatic heterocycles. The molecule has 0 aliphatic carbocycles. The van der Waals surface area contributed by atoms with Crippen molar-refractivity contribution in [2.75, 3.05) is 11.5 Å². The highest BCUT2D eigenvalue weighted by Crippen LogP contribution is 2.45. The number of Topliss-reactive ketones (excluding diaryl/α,β-unsaturated/α-hetero) is 1. The van der Waals surface area contributed by atoms with Gasteiger partial charge >= 0.3 is 5.97 Å². The maximum Gasteiger partial charge on any atom is 0.354 e. The number of aryl methyl sites for hydroxylation is 1. The Morgan fingerprint density at radius 2 is 1.90 bits per heavy atom. The van der Waals surface area contributed by atoms with Gasteiger partial charge in [-0.2, -0.15) is 0 Å². The standard InChI is InChI=1S/C22H22N2O5S/c1-13(2)23-20(27)15-6-4-5-7-16(15)24-19(26)10-11-22(23,24)21(28)29-12-17(25)18-9-8-14(3)30-18/h4-9,13H,10-12H2,1-3H3. The number of benzene rings is 1. The van der Waals surface area contributed by atoms with Gasteiger partial charge in [0, 0.05) is 23.8 Å². The third-order valence-electron chi connectivity index (χ3n) is 5.49. The van der Waals surface area contributed by atoms with Crippen molar-refractivity contribution in [2.24, 2.45) is 0 Å². The van der Waals surface area contributed by atoms with Crippen molar-refractivity contribution in [3.8, 4) is 0 Å². The predicted octanol–water partition coefficient (Wildman–Crippen LogP) is 3.17. The van der Waals surface area contributed by atoms with E-state index in [0.29, 0.717) is 16.1 Å². The fraction of sp³-hybridized carbons (Fsp3) is 0.364. The Kier molecular flexibility index (Phi) is 4.97. The molecule has 1 unspecified atom stereocenters. The topological polar surface area (TPSA) is 84.0 Å². The Balaban J connectivity index is 1.71. The van der Waals surface area contributed by atoms with Gasteiger partial charge in [-0.05, 0) is 45.0 Å². The maximum absolute atomic E-state index is 13.4. The lowest BCUT2D eigenvalue weighted by molar-refractivity contribution is -0.157. The van der Waals surface area contributed by atoms with Gasteiger partial charge in [-0.1, -0.05) is 12.1 Å². The minimum Gasteiger partial charge on any atom is -0.454 e. The Labute approximate surface area is 178 Å². The Bertz CT molecular complexity index is 1060. The highest BCUT2D eigenvalue weighted by atomic mass is 32.1. The van der Waals surface area contributed by atoms with Crippen molar-refractivity contribution in [2.45, 2.75) is 45.3 Å². The molecule has 30 heavy (non-hydrogen) atoms. The zero-order valence-corrected chi connectivity index (χ0v) is 17.8. The minimum atomic E-state index is -1.58. The average molecular weight is 426 g/mol. The summed E-state index contributed by atoms with van der Waals surface area (Å²) < 4.78 is 5.43. The molecule has 1 aromatic heterocycles. The fourth-order valence-corrected chi connectivity index (χ4v) is 5.07. The molecule has 1 fully saturated rings. The molecular formula is C22H22N2O5S. The summed E-state index contributed by atoms with van der Waals surface area (Å²) in [6, 6.07) is 9.92. The molecule has 2 aliphatic rings. The van der Waals surface area contributed by atoms with Crippen LogP contribution in [-0.2, 0) is 14.3 Å². The van der Waals surface area contributed by atoms with E-state index in [0.717, 1.165) is 4.88 Å². The van der Waals surface area contributed by atoms with Crippen LogP contribution in [0.25, 0.3) is 0 Å². The SMILES string of the molecule is Cc1ccc(C(=O)COC(=O)C23CCC(=O)N2c2ccccc2C(=O)N3C(C)C)s1. The van der Waals surface area contributed by atoms with E-state index < -0.39 is 18.2 Å². The summed E-state index contributed by atoms with van der Waals surface area (Å²) in [7, 11) is 0. The van der Waals surface area contributed by atoms with E-state index >= 15 is 0 Å². The zero-order chi connectivity index (χ0) is 21.6. The molecule has 156 valence electrons. The molecule has 8 heteroatoms. The molecule has 7 nitrogen and oxygen atoms in total. The van der Waals surface area contributed by atoms with Crippen LogP contribution in [0.2, 0.25) is 0 Å². The number of thiophene rings is 1. The number of rotatable bonds is 5. The number of carbonyl (C=O) groups is 4. The maximum atomic E-state index is 13.4. The number of fused-ring (bicyclic) bond motifs is 3. The van der Waals surface area contributed by atoms with Gasteiger partial charge in [0.25, 0.3) is 5.91 Å². The predicted molar refractivity (Wildman–Crippen MR) is 112 cm³/mol. The number of hydrogen-bond donors (Lipinski definition) is 0. The summed E-state index contributed by atoms with van der Waals surface area (Å²) in [6.45, 7) is 5.03. The summed E-state index contributed by atoms with van der Waals surface area (Å²) in [4.78, 5) is 56.3. The smallest absolute Gasteiger partial charge is 0.354 e. The molecule has 1 atom stereocenters. The Morgan fingerprint density at radius 3 is 2.57 bits per heavy atom. The van der Waals surface area contributed by atoms with E-state index in [-0.39, 0.29) is 36.5 Å². The Hall–Kier alpha value is -3.00. The highest BCUT2D eigenvalue weighted by molar-refractivity contribution is 7.14. The molecule has 0 radical (unpaired) electrons. The van der Waals surface area contributed by atoms with Crippen LogP contribution in [0.4, 0.5) is 5.69 Å². The highest BCUT2D eigenvalue weighted by Gasteiger charge is 2.62. The molecule has 2 aromatic rings. The van der Waals surface area contributed by atoms with Gasteiger partial charge in [-0.3, -0.25) is 19.3 Å². The fourth-order valence-electron chi connectivity index (χ4n) is 4.28. The first-order valence-corrected chi connectivity index (χ1v) is 10.6. The first-order chi connectivity index (χ1) is 14.3. The summed E-state index contributed by atoms with van der Waals surface area (Å²) >= 11 is 1.33. The van der Waals surface area contributed by atoms with Crippen LogP contribution in [0.15, 0.2) is 36.4 Å². The molecule has 4 rings (SSSR count). The molecule has 0 spiro atoms. The van der Waals surface area contributed by atoms with E-state index in [4.69, 9.17) is 4.74 Å². The molecule has 1 aromatic carbocycles. The van der Waals surface area contributed by atoms with Crippen molar-refractivity contribution >= 4 is 40.6 Å². The van der Waals surface area contributed by atoms with Gasteiger partial charge in [0.2, 0.25) is 17.4 Å². The lowest BCUT2D eigenvalue weighted by Gasteiger charge is -2.50. The van der Waals surface area contributed by atoms with Crippen LogP contribution < -0.4 is 4.90 Å². The quantitative estimate of drug-likeness (QED) is 0.542. The third kappa shape index (κ3) is 2.94. The van der Waals surface area contributed by atoms with E-state index in [1.165, 1.54) is 21.1 Å². The number of ketones is 1. The van der Waals surface area contributed by atoms with Crippen LogP contribution in [-0.4, -0.2) is 46.8 Å². The molecule has 1 saturated heterocycles. The summed E-state index contributed by atoms with van der Waals surface area (Å²) in [5.74, 6) is -1.65. The van der Waals surface area contributed by atoms with Crippen LogP contribution in [0.5, 0.6) is 0 Å². The van der Waals surface area contributed by atoms with Crippen LogP contribution in [0.1, 0.15) is 51.6 Å². The summed E-state index contributed by atoms with van der Waals surface area (Å²) in [5.41, 5.74) is -0.809. The molecule has 0 saturated carbocycles. The zero-order valence-electron chi connectivity index (χ0n) is 17.0. The molecule has 3 heterocycles. The van der Waals surface area contributed by atoms with Crippen LogP contribution in [0, 0.1) is 6.92 Å². The van der Waals surface area contributed by atoms with E-state index in [9.17, 15) is 19.2 Å². The van der Waals surface area contributed by atoms with Crippen molar-refractivity contribution in [1.29, 1.82) is 0 Å². The number of nitrogens with zero attached hydrogens (tertiary/aromatic N) is 2. The first-order valence-electron chi connectivity index (χ1n) is 9.80. The molecular weight excluding hydrogens is 404 g/mol. The summed E-state index contributed by atoms with van der Waals surface area (Å²) in [6.07, 6.45) is 0.229. The van der Waals surface area contributed by atoms with Crippen molar-refractivity contribution < 1.29 is 23.9 Å².